The van der Waals surface area contributed by atoms with Gasteiger partial charge in [0.15, 0.2) is 0 Å². The number of H-pyrrole nitrogens is 1. The van der Waals surface area contributed by atoms with Gasteiger partial charge in [-0.3, -0.25) is 4.79 Å². The summed E-state index contributed by atoms with van der Waals surface area (Å²) in [5.41, 5.74) is 2.70. The second-order valence-corrected chi connectivity index (χ2v) is 7.69. The molecule has 0 saturated carbocycles. The minimum Gasteiger partial charge on any atom is -0.361 e. The molecule has 0 saturated heterocycles. The number of nitrogens with one attached hydrogen (secondary N) is 2. The Morgan fingerprint density at radius 3 is 2.53 bits per heavy atom. The van der Waals surface area contributed by atoms with Crippen molar-refractivity contribution in [1.82, 2.24) is 10.3 Å². The third-order valence-corrected chi connectivity index (χ3v) is 5.62. The van der Waals surface area contributed by atoms with E-state index in [0.717, 1.165) is 47.0 Å². The zero-order valence-electron chi connectivity index (χ0n) is 17.4. The summed E-state index contributed by atoms with van der Waals surface area (Å²) >= 11 is 0. The molecular formula is C24H27F3N2O. The molecule has 0 aliphatic rings. The number of alkyl halides is 3. The highest BCUT2D eigenvalue weighted by Gasteiger charge is 2.32. The number of carbonyl (C=O) groups excluding carboxylic acids is 1. The molecule has 3 rings (SSSR count). The highest BCUT2D eigenvalue weighted by atomic mass is 19.4. The van der Waals surface area contributed by atoms with E-state index in [1.807, 2.05) is 38.2 Å². The molecule has 30 heavy (non-hydrogen) atoms. The van der Waals surface area contributed by atoms with E-state index >= 15 is 0 Å². The molecule has 2 aromatic carbocycles. The maximum Gasteiger partial charge on any atom is 0.416 e. The first-order chi connectivity index (χ1) is 14.2. The lowest BCUT2D eigenvalue weighted by atomic mass is 9.86. The normalized spacial score (nSPS) is 13.9. The van der Waals surface area contributed by atoms with Crippen molar-refractivity contribution in [3.05, 3.63) is 70.9 Å². The number of aromatic nitrogens is 1. The van der Waals surface area contributed by atoms with Crippen LogP contribution >= 0.6 is 0 Å². The second-order valence-electron chi connectivity index (χ2n) is 7.69. The number of amides is 1. The molecule has 160 valence electrons. The zero-order chi connectivity index (χ0) is 21.9. The van der Waals surface area contributed by atoms with Crippen LogP contribution < -0.4 is 5.32 Å². The van der Waals surface area contributed by atoms with Gasteiger partial charge in [-0.2, -0.15) is 13.2 Å². The molecule has 0 fully saturated rings. The summed E-state index contributed by atoms with van der Waals surface area (Å²) in [6, 6.07) is 11.2. The minimum absolute atomic E-state index is 0.00863. The Morgan fingerprint density at radius 2 is 1.87 bits per heavy atom. The summed E-state index contributed by atoms with van der Waals surface area (Å²) in [6.45, 7) is 5.94. The fourth-order valence-corrected chi connectivity index (χ4v) is 3.78. The van der Waals surface area contributed by atoms with Crippen LogP contribution in [0.3, 0.4) is 0 Å². The number of halogens is 3. The largest absolute Gasteiger partial charge is 0.416 e. The minimum atomic E-state index is -4.44. The van der Waals surface area contributed by atoms with Crippen LogP contribution in [-0.4, -0.2) is 16.9 Å². The molecule has 3 aromatic rings. The predicted octanol–water partition coefficient (Wildman–Crippen LogP) is 6.19. The Labute approximate surface area is 174 Å². The maximum atomic E-state index is 13.3. The Morgan fingerprint density at radius 1 is 1.13 bits per heavy atom. The Balaban J connectivity index is 2.08. The van der Waals surface area contributed by atoms with Gasteiger partial charge in [-0.25, -0.2) is 0 Å². The standard InChI is InChI=1S/C24H27F3N2O/c1-4-15(3)29-22(30)13-20(17-9-6-10-18(12-17)24(25,26)27)21-14-28-23-16(5-2)8-7-11-19(21)23/h6-12,14-15,20,28H,4-5,13H2,1-3H3,(H,29,30)/t15-,20+/m1/s1. The first-order valence-corrected chi connectivity index (χ1v) is 10.3. The van der Waals surface area contributed by atoms with E-state index in [-0.39, 0.29) is 18.4 Å². The van der Waals surface area contributed by atoms with E-state index < -0.39 is 17.7 Å². The first-order valence-electron chi connectivity index (χ1n) is 10.3. The van der Waals surface area contributed by atoms with Gasteiger partial charge in [0.05, 0.1) is 5.56 Å². The number of carbonyl (C=O) groups is 1. The van der Waals surface area contributed by atoms with Crippen LogP contribution in [0.25, 0.3) is 10.9 Å². The van der Waals surface area contributed by atoms with Crippen molar-refractivity contribution in [3.63, 3.8) is 0 Å². The van der Waals surface area contributed by atoms with Crippen molar-refractivity contribution in [1.29, 1.82) is 0 Å². The van der Waals surface area contributed by atoms with Crippen LogP contribution in [0.2, 0.25) is 0 Å². The highest BCUT2D eigenvalue weighted by molar-refractivity contribution is 5.88. The smallest absolute Gasteiger partial charge is 0.361 e. The summed E-state index contributed by atoms with van der Waals surface area (Å²) in [4.78, 5) is 16.0. The quantitative estimate of drug-likeness (QED) is 0.474. The topological polar surface area (TPSA) is 44.9 Å². The summed E-state index contributed by atoms with van der Waals surface area (Å²) in [7, 11) is 0. The lowest BCUT2D eigenvalue weighted by Crippen LogP contribution is -2.33. The molecule has 0 aliphatic carbocycles. The van der Waals surface area contributed by atoms with E-state index in [1.54, 1.807) is 6.07 Å². The molecule has 3 nitrogen and oxygen atoms in total. The molecule has 2 atom stereocenters. The lowest BCUT2D eigenvalue weighted by Gasteiger charge is -2.20. The van der Waals surface area contributed by atoms with Crippen molar-refractivity contribution in [3.8, 4) is 0 Å². The maximum absolute atomic E-state index is 13.3. The lowest BCUT2D eigenvalue weighted by molar-refractivity contribution is -0.137. The molecule has 1 aromatic heterocycles. The molecule has 2 N–H and O–H groups in total. The number of aromatic amines is 1. The van der Waals surface area contributed by atoms with Crippen molar-refractivity contribution in [2.75, 3.05) is 0 Å². The van der Waals surface area contributed by atoms with Gasteiger partial charge in [0.25, 0.3) is 0 Å². The van der Waals surface area contributed by atoms with Crippen LogP contribution in [0.1, 0.15) is 61.8 Å². The highest BCUT2D eigenvalue weighted by Crippen LogP contribution is 2.37. The molecule has 1 heterocycles. The zero-order valence-corrected chi connectivity index (χ0v) is 17.4. The van der Waals surface area contributed by atoms with Gasteiger partial charge >= 0.3 is 6.18 Å². The van der Waals surface area contributed by atoms with Gasteiger partial charge < -0.3 is 10.3 Å². The van der Waals surface area contributed by atoms with Gasteiger partial charge in [-0.1, -0.05) is 50.2 Å². The Bertz CT molecular complexity index is 1020. The fourth-order valence-electron chi connectivity index (χ4n) is 3.78. The van der Waals surface area contributed by atoms with Gasteiger partial charge in [0.2, 0.25) is 5.91 Å². The molecule has 0 bridgehead atoms. The summed E-state index contributed by atoms with van der Waals surface area (Å²) in [6.07, 6.45) is -0.914. The van der Waals surface area contributed by atoms with E-state index in [9.17, 15) is 18.0 Å². The Hall–Kier alpha value is -2.76. The van der Waals surface area contributed by atoms with E-state index in [2.05, 4.69) is 17.2 Å². The molecule has 6 heteroatoms. The average molecular weight is 416 g/mol. The molecule has 1 amide bonds. The van der Waals surface area contributed by atoms with Crippen LogP contribution in [0.5, 0.6) is 0 Å². The van der Waals surface area contributed by atoms with Crippen LogP contribution in [0, 0.1) is 0 Å². The predicted molar refractivity (Wildman–Crippen MR) is 113 cm³/mol. The molecule has 0 aliphatic heterocycles. The van der Waals surface area contributed by atoms with Gasteiger partial charge in [0.1, 0.15) is 0 Å². The second kappa shape index (κ2) is 8.94. The third-order valence-electron chi connectivity index (χ3n) is 5.62. The van der Waals surface area contributed by atoms with Crippen LogP contribution in [-0.2, 0) is 17.4 Å². The van der Waals surface area contributed by atoms with E-state index in [0.29, 0.717) is 5.56 Å². The molecule has 0 radical (unpaired) electrons. The van der Waals surface area contributed by atoms with Crippen LogP contribution in [0.4, 0.5) is 13.2 Å². The van der Waals surface area contributed by atoms with Crippen molar-refractivity contribution in [2.24, 2.45) is 0 Å². The summed E-state index contributed by atoms with van der Waals surface area (Å²) in [5.74, 6) is -0.662. The number of fused-ring (bicyclic) bond motifs is 1. The van der Waals surface area contributed by atoms with E-state index in [4.69, 9.17) is 0 Å². The third kappa shape index (κ3) is 4.69. The average Bonchev–Trinajstić information content (AvgIpc) is 3.15. The molecule has 0 spiro atoms. The van der Waals surface area contributed by atoms with Crippen molar-refractivity contribution in [2.45, 2.75) is 58.2 Å². The van der Waals surface area contributed by atoms with Gasteiger partial charge in [-0.05, 0) is 42.5 Å². The number of aryl methyl sites for hydroxylation is 1. The molecular weight excluding hydrogens is 389 g/mol. The molecule has 0 unspecified atom stereocenters. The van der Waals surface area contributed by atoms with Gasteiger partial charge in [-0.15, -0.1) is 0 Å². The Kier molecular flexibility index (Phi) is 6.54. The van der Waals surface area contributed by atoms with Crippen molar-refractivity contribution < 1.29 is 18.0 Å². The van der Waals surface area contributed by atoms with E-state index in [1.165, 1.54) is 6.07 Å². The number of para-hydroxylation sites is 1. The number of rotatable bonds is 7. The first kappa shape index (κ1) is 21.9. The number of hydrogen-bond donors (Lipinski definition) is 2. The summed E-state index contributed by atoms with van der Waals surface area (Å²) in [5, 5.41) is 3.87. The number of hydrogen-bond acceptors (Lipinski definition) is 1. The van der Waals surface area contributed by atoms with Crippen molar-refractivity contribution >= 4 is 16.8 Å². The fraction of sp³-hybridized carbons (Fsp3) is 0.375. The van der Waals surface area contributed by atoms with Gasteiger partial charge in [0, 0.05) is 35.5 Å². The summed E-state index contributed by atoms with van der Waals surface area (Å²) < 4.78 is 40.0. The van der Waals surface area contributed by atoms with Crippen LogP contribution in [0.15, 0.2) is 48.7 Å². The number of benzene rings is 2. The SMILES string of the molecule is CCc1cccc2c([C@@H](CC(=O)N[C@H](C)CC)c3cccc(C(F)(F)F)c3)c[nH]c12. The monoisotopic (exact) mass is 416 g/mol.